The highest BCUT2D eigenvalue weighted by Crippen LogP contribution is 2.29. The first-order valence-electron chi connectivity index (χ1n) is 8.25. The molecule has 1 aromatic heterocycles. The third-order valence-corrected chi connectivity index (χ3v) is 4.46. The molecule has 1 aliphatic rings. The summed E-state index contributed by atoms with van der Waals surface area (Å²) >= 11 is 0. The third-order valence-electron chi connectivity index (χ3n) is 4.46. The first kappa shape index (κ1) is 16.3. The Labute approximate surface area is 140 Å². The van der Waals surface area contributed by atoms with Crippen LogP contribution in [0.25, 0.3) is 0 Å². The molecule has 0 bridgehead atoms. The van der Waals surface area contributed by atoms with E-state index < -0.39 is 12.0 Å². The smallest absolute Gasteiger partial charge is 0.326 e. The monoisotopic (exact) mass is 327 g/mol. The number of carbonyl (C=O) groups is 2. The molecule has 1 heterocycles. The van der Waals surface area contributed by atoms with Crippen LogP contribution < -0.4 is 5.32 Å². The normalized spacial score (nSPS) is 14.7. The predicted octanol–water partition coefficient (Wildman–Crippen LogP) is 2.89. The minimum atomic E-state index is -1.04. The molecule has 2 aromatic rings. The number of rotatable bonds is 5. The first-order valence-corrected chi connectivity index (χ1v) is 8.25. The number of carbonyl (C=O) groups excluding carboxylic acids is 1. The summed E-state index contributed by atoms with van der Waals surface area (Å²) in [5.74, 6) is 0.0482. The van der Waals surface area contributed by atoms with Gasteiger partial charge < -0.3 is 14.8 Å². The van der Waals surface area contributed by atoms with E-state index >= 15 is 0 Å². The number of fused-ring (bicyclic) bond motifs is 1. The molecule has 0 saturated heterocycles. The van der Waals surface area contributed by atoms with Gasteiger partial charge in [0.15, 0.2) is 0 Å². The van der Waals surface area contributed by atoms with Crippen molar-refractivity contribution in [2.24, 2.45) is 0 Å². The number of carboxylic acid groups (broad SMARTS) is 1. The van der Waals surface area contributed by atoms with Crippen molar-refractivity contribution in [3.8, 4) is 0 Å². The van der Waals surface area contributed by atoms with E-state index in [9.17, 15) is 14.7 Å². The molecule has 0 fully saturated rings. The van der Waals surface area contributed by atoms with E-state index in [0.29, 0.717) is 11.3 Å². The van der Waals surface area contributed by atoms with Crippen LogP contribution in [0.15, 0.2) is 34.7 Å². The molecular formula is C19H21NO4. The lowest BCUT2D eigenvalue weighted by Gasteiger charge is -2.16. The Morgan fingerprint density at radius 3 is 2.62 bits per heavy atom. The average Bonchev–Trinajstić information content (AvgIpc) is 2.90. The Morgan fingerprint density at radius 1 is 1.21 bits per heavy atom. The van der Waals surface area contributed by atoms with Gasteiger partial charge in [0.2, 0.25) is 0 Å². The Hall–Kier alpha value is -2.56. The van der Waals surface area contributed by atoms with E-state index in [1.54, 1.807) is 6.92 Å². The fourth-order valence-electron chi connectivity index (χ4n) is 3.28. The van der Waals surface area contributed by atoms with Crippen molar-refractivity contribution < 1.29 is 19.1 Å². The summed E-state index contributed by atoms with van der Waals surface area (Å²) < 4.78 is 5.71. The maximum atomic E-state index is 12.7. The highest BCUT2D eigenvalue weighted by atomic mass is 16.4. The summed E-state index contributed by atoms with van der Waals surface area (Å²) in [7, 11) is 0. The molecule has 126 valence electrons. The van der Waals surface area contributed by atoms with Gasteiger partial charge in [0.05, 0.1) is 5.56 Å². The lowest BCUT2D eigenvalue weighted by Crippen LogP contribution is -2.42. The summed E-state index contributed by atoms with van der Waals surface area (Å²) in [5, 5.41) is 12.1. The van der Waals surface area contributed by atoms with E-state index in [2.05, 4.69) is 5.32 Å². The van der Waals surface area contributed by atoms with Gasteiger partial charge in [0.1, 0.15) is 17.6 Å². The molecule has 24 heavy (non-hydrogen) atoms. The number of furan rings is 1. The fourth-order valence-corrected chi connectivity index (χ4v) is 3.28. The van der Waals surface area contributed by atoms with Crippen molar-refractivity contribution in [3.05, 3.63) is 58.5 Å². The van der Waals surface area contributed by atoms with Crippen molar-refractivity contribution in [1.29, 1.82) is 0 Å². The van der Waals surface area contributed by atoms with Crippen molar-refractivity contribution in [3.63, 3.8) is 0 Å². The highest BCUT2D eigenvalue weighted by molar-refractivity contribution is 5.99. The van der Waals surface area contributed by atoms with E-state index in [4.69, 9.17) is 4.42 Å². The van der Waals surface area contributed by atoms with Gasteiger partial charge in [-0.05, 0) is 31.7 Å². The molecule has 0 spiro atoms. The maximum Gasteiger partial charge on any atom is 0.326 e. The quantitative estimate of drug-likeness (QED) is 0.885. The van der Waals surface area contributed by atoms with Crippen LogP contribution in [0.1, 0.15) is 45.8 Å². The molecule has 0 unspecified atom stereocenters. The number of amides is 1. The van der Waals surface area contributed by atoms with Gasteiger partial charge in [0, 0.05) is 18.4 Å². The van der Waals surface area contributed by atoms with Crippen molar-refractivity contribution in [2.75, 3.05) is 0 Å². The number of benzene rings is 1. The van der Waals surface area contributed by atoms with Crippen LogP contribution in [0, 0.1) is 6.92 Å². The van der Waals surface area contributed by atoms with Crippen molar-refractivity contribution in [1.82, 2.24) is 5.32 Å². The summed E-state index contributed by atoms with van der Waals surface area (Å²) in [4.78, 5) is 24.2. The summed E-state index contributed by atoms with van der Waals surface area (Å²) in [5.41, 5.74) is 2.33. The summed E-state index contributed by atoms with van der Waals surface area (Å²) in [6.07, 6.45) is 3.99. The molecule has 0 saturated carbocycles. The number of aryl methyl sites for hydroxylation is 2. The Bertz CT molecular complexity index is 748. The van der Waals surface area contributed by atoms with E-state index in [0.717, 1.165) is 42.6 Å². The molecule has 1 aromatic carbocycles. The average molecular weight is 327 g/mol. The zero-order chi connectivity index (χ0) is 17.1. The number of hydrogen-bond donors (Lipinski definition) is 2. The molecule has 1 aliphatic carbocycles. The second-order valence-electron chi connectivity index (χ2n) is 6.20. The lowest BCUT2D eigenvalue weighted by atomic mass is 9.94. The van der Waals surface area contributed by atoms with Gasteiger partial charge in [-0.1, -0.05) is 30.3 Å². The number of nitrogens with one attached hydrogen (secondary N) is 1. The first-order chi connectivity index (χ1) is 11.6. The zero-order valence-electron chi connectivity index (χ0n) is 13.7. The van der Waals surface area contributed by atoms with Crippen LogP contribution in [-0.4, -0.2) is 23.0 Å². The molecule has 1 amide bonds. The second kappa shape index (κ2) is 6.91. The Morgan fingerprint density at radius 2 is 1.92 bits per heavy atom. The van der Waals surface area contributed by atoms with Crippen LogP contribution in [0.5, 0.6) is 0 Å². The van der Waals surface area contributed by atoms with Gasteiger partial charge in [-0.2, -0.15) is 0 Å². The number of aliphatic carboxylic acids is 1. The predicted molar refractivity (Wildman–Crippen MR) is 89.1 cm³/mol. The molecule has 0 radical (unpaired) electrons. The summed E-state index contributed by atoms with van der Waals surface area (Å²) in [6, 6.07) is 8.33. The van der Waals surface area contributed by atoms with Gasteiger partial charge in [-0.3, -0.25) is 4.79 Å². The van der Waals surface area contributed by atoms with E-state index in [1.165, 1.54) is 0 Å². The van der Waals surface area contributed by atoms with E-state index in [1.807, 2.05) is 30.3 Å². The van der Waals surface area contributed by atoms with Crippen molar-refractivity contribution >= 4 is 11.9 Å². The SMILES string of the molecule is Cc1oc2c(c1C(=O)N[C@H](Cc1ccccc1)C(=O)O)CCCC2. The van der Waals surface area contributed by atoms with Crippen molar-refractivity contribution in [2.45, 2.75) is 45.1 Å². The van der Waals surface area contributed by atoms with Crippen LogP contribution >= 0.6 is 0 Å². The van der Waals surface area contributed by atoms with Crippen LogP contribution in [0.2, 0.25) is 0 Å². The van der Waals surface area contributed by atoms with Gasteiger partial charge >= 0.3 is 5.97 Å². The fraction of sp³-hybridized carbons (Fsp3) is 0.368. The zero-order valence-corrected chi connectivity index (χ0v) is 13.7. The van der Waals surface area contributed by atoms with Gasteiger partial charge in [-0.15, -0.1) is 0 Å². The molecule has 5 nitrogen and oxygen atoms in total. The Balaban J connectivity index is 1.79. The standard InChI is InChI=1S/C19H21NO4/c1-12-17(14-9-5-6-10-16(14)24-12)18(21)20-15(19(22)23)11-13-7-3-2-4-8-13/h2-4,7-8,15H,5-6,9-11H2,1H3,(H,20,21)(H,22,23)/t15-/m1/s1. The maximum absolute atomic E-state index is 12.7. The number of carboxylic acids is 1. The molecular weight excluding hydrogens is 306 g/mol. The van der Waals surface area contributed by atoms with Crippen LogP contribution in [-0.2, 0) is 24.1 Å². The third kappa shape index (κ3) is 3.35. The molecule has 5 heteroatoms. The second-order valence-corrected chi connectivity index (χ2v) is 6.20. The minimum absolute atomic E-state index is 0.251. The Kier molecular flexibility index (Phi) is 4.69. The largest absolute Gasteiger partial charge is 0.480 e. The lowest BCUT2D eigenvalue weighted by molar-refractivity contribution is -0.139. The molecule has 2 N–H and O–H groups in total. The molecule has 3 rings (SSSR count). The topological polar surface area (TPSA) is 79.5 Å². The van der Waals surface area contributed by atoms with Crippen LogP contribution in [0.3, 0.4) is 0 Å². The molecule has 1 atom stereocenters. The highest BCUT2D eigenvalue weighted by Gasteiger charge is 2.28. The molecule has 0 aliphatic heterocycles. The van der Waals surface area contributed by atoms with Gasteiger partial charge in [-0.25, -0.2) is 4.79 Å². The number of hydrogen-bond acceptors (Lipinski definition) is 3. The van der Waals surface area contributed by atoms with Crippen LogP contribution in [0.4, 0.5) is 0 Å². The van der Waals surface area contributed by atoms with Gasteiger partial charge in [0.25, 0.3) is 5.91 Å². The van der Waals surface area contributed by atoms with E-state index in [-0.39, 0.29) is 12.3 Å². The summed E-state index contributed by atoms with van der Waals surface area (Å²) in [6.45, 7) is 1.76. The minimum Gasteiger partial charge on any atom is -0.480 e.